The van der Waals surface area contributed by atoms with E-state index in [-0.39, 0.29) is 11.9 Å². The number of carbonyl (C=O) groups excluding carboxylic acids is 1. The van der Waals surface area contributed by atoms with Gasteiger partial charge in [-0.25, -0.2) is 14.2 Å². The quantitative estimate of drug-likeness (QED) is 0.835. The average Bonchev–Trinajstić information content (AvgIpc) is 2.48. The fraction of sp³-hybridized carbons (Fsp3) is 0.600. The lowest BCUT2D eigenvalue weighted by atomic mass is 9.71. The van der Waals surface area contributed by atoms with Crippen molar-refractivity contribution in [2.45, 2.75) is 37.7 Å². The topological polar surface area (TPSA) is 65.5 Å². The summed E-state index contributed by atoms with van der Waals surface area (Å²) >= 11 is 0. The lowest BCUT2D eigenvalue weighted by Gasteiger charge is -2.47. The second-order valence-electron chi connectivity index (χ2n) is 6.03. The number of hydrogen-bond donors (Lipinski definition) is 2. The van der Waals surface area contributed by atoms with Gasteiger partial charge in [0.25, 0.3) is 0 Å². The monoisotopic (exact) mass is 293 g/mol. The molecular weight excluding hydrogens is 273 g/mol. The number of urea groups is 1. The van der Waals surface area contributed by atoms with E-state index in [0.29, 0.717) is 25.3 Å². The van der Waals surface area contributed by atoms with E-state index in [4.69, 9.17) is 0 Å². The first-order valence-electron chi connectivity index (χ1n) is 7.47. The molecule has 1 saturated heterocycles. The molecule has 0 bridgehead atoms. The SMILES string of the molecule is O=C(Nc1ccc(F)cn1)N1CC[C@]2(O)CCCC[C@H]2C1. The van der Waals surface area contributed by atoms with E-state index in [9.17, 15) is 14.3 Å². The predicted octanol–water partition coefficient (Wildman–Crippen LogP) is 2.38. The molecule has 2 N–H and O–H groups in total. The van der Waals surface area contributed by atoms with Crippen molar-refractivity contribution in [1.29, 1.82) is 0 Å². The van der Waals surface area contributed by atoms with Crippen LogP contribution in [0.2, 0.25) is 0 Å². The highest BCUT2D eigenvalue weighted by Crippen LogP contribution is 2.39. The smallest absolute Gasteiger partial charge is 0.323 e. The van der Waals surface area contributed by atoms with E-state index < -0.39 is 11.4 Å². The van der Waals surface area contributed by atoms with E-state index in [1.165, 1.54) is 12.1 Å². The Bertz CT molecular complexity index is 522. The summed E-state index contributed by atoms with van der Waals surface area (Å²) in [6.45, 7) is 1.11. The normalized spacial score (nSPS) is 28.9. The molecule has 0 aromatic carbocycles. The maximum Gasteiger partial charge on any atom is 0.323 e. The van der Waals surface area contributed by atoms with Crippen LogP contribution in [-0.2, 0) is 0 Å². The molecule has 1 aromatic heterocycles. The minimum Gasteiger partial charge on any atom is -0.389 e. The van der Waals surface area contributed by atoms with Crippen molar-refractivity contribution in [2.24, 2.45) is 5.92 Å². The highest BCUT2D eigenvalue weighted by atomic mass is 19.1. The van der Waals surface area contributed by atoms with Gasteiger partial charge in [0, 0.05) is 19.0 Å². The molecule has 1 aliphatic heterocycles. The molecule has 2 heterocycles. The van der Waals surface area contributed by atoms with Gasteiger partial charge in [-0.2, -0.15) is 0 Å². The number of pyridine rings is 1. The number of carbonyl (C=O) groups is 1. The number of piperidine rings is 1. The number of rotatable bonds is 1. The van der Waals surface area contributed by atoms with Crippen molar-refractivity contribution in [3.8, 4) is 0 Å². The summed E-state index contributed by atoms with van der Waals surface area (Å²) in [5, 5.41) is 13.3. The Morgan fingerprint density at radius 1 is 1.43 bits per heavy atom. The molecule has 114 valence electrons. The summed E-state index contributed by atoms with van der Waals surface area (Å²) in [6.07, 6.45) is 5.69. The zero-order valence-electron chi connectivity index (χ0n) is 11.9. The summed E-state index contributed by atoms with van der Waals surface area (Å²) in [5.41, 5.74) is -0.594. The van der Waals surface area contributed by atoms with Crippen LogP contribution in [0.4, 0.5) is 15.0 Å². The average molecular weight is 293 g/mol. The fourth-order valence-electron chi connectivity index (χ4n) is 3.39. The van der Waals surface area contributed by atoms with Gasteiger partial charge in [0.15, 0.2) is 0 Å². The number of aromatic nitrogens is 1. The van der Waals surface area contributed by atoms with Gasteiger partial charge in [0.05, 0.1) is 11.8 Å². The molecule has 3 rings (SSSR count). The third kappa shape index (κ3) is 3.00. The number of likely N-dealkylation sites (tertiary alicyclic amines) is 1. The van der Waals surface area contributed by atoms with Crippen molar-refractivity contribution in [1.82, 2.24) is 9.88 Å². The maximum absolute atomic E-state index is 12.8. The van der Waals surface area contributed by atoms with Crippen molar-refractivity contribution < 1.29 is 14.3 Å². The van der Waals surface area contributed by atoms with Gasteiger partial charge in [0.1, 0.15) is 11.6 Å². The third-order valence-corrected chi connectivity index (χ3v) is 4.68. The number of amides is 2. The second kappa shape index (κ2) is 5.60. The van der Waals surface area contributed by atoms with Crippen LogP contribution in [0.1, 0.15) is 32.1 Å². The van der Waals surface area contributed by atoms with Gasteiger partial charge < -0.3 is 10.0 Å². The van der Waals surface area contributed by atoms with Gasteiger partial charge in [-0.05, 0) is 31.4 Å². The minimum absolute atomic E-state index is 0.159. The fourth-order valence-corrected chi connectivity index (χ4v) is 3.39. The number of halogens is 1. The van der Waals surface area contributed by atoms with E-state index in [1.807, 2.05) is 0 Å². The maximum atomic E-state index is 12.8. The van der Waals surface area contributed by atoms with Crippen LogP contribution in [0, 0.1) is 11.7 Å². The molecule has 1 aromatic rings. The first-order chi connectivity index (χ1) is 10.1. The van der Waals surface area contributed by atoms with Crippen LogP contribution in [0.3, 0.4) is 0 Å². The van der Waals surface area contributed by atoms with Crippen LogP contribution in [0.15, 0.2) is 18.3 Å². The van der Waals surface area contributed by atoms with Crippen molar-refractivity contribution in [2.75, 3.05) is 18.4 Å². The van der Waals surface area contributed by atoms with Crippen molar-refractivity contribution in [3.63, 3.8) is 0 Å². The van der Waals surface area contributed by atoms with Crippen molar-refractivity contribution in [3.05, 3.63) is 24.1 Å². The summed E-state index contributed by atoms with van der Waals surface area (Å²) in [6, 6.07) is 2.47. The molecule has 2 amide bonds. The molecule has 2 fully saturated rings. The number of nitrogens with one attached hydrogen (secondary N) is 1. The number of anilines is 1. The molecule has 2 aliphatic rings. The summed E-state index contributed by atoms with van der Waals surface area (Å²) in [7, 11) is 0. The molecule has 2 atom stereocenters. The highest BCUT2D eigenvalue weighted by molar-refractivity contribution is 5.88. The highest BCUT2D eigenvalue weighted by Gasteiger charge is 2.43. The molecule has 21 heavy (non-hydrogen) atoms. The summed E-state index contributed by atoms with van der Waals surface area (Å²) in [4.78, 5) is 17.8. The van der Waals surface area contributed by atoms with E-state index in [0.717, 1.165) is 31.9 Å². The lowest BCUT2D eigenvalue weighted by molar-refractivity contribution is -0.0863. The van der Waals surface area contributed by atoms with E-state index in [2.05, 4.69) is 10.3 Å². The number of aliphatic hydroxyl groups is 1. The summed E-state index contributed by atoms with van der Waals surface area (Å²) in [5.74, 6) is 0.0658. The Balaban J connectivity index is 1.62. The zero-order valence-corrected chi connectivity index (χ0v) is 11.9. The summed E-state index contributed by atoms with van der Waals surface area (Å²) < 4.78 is 12.8. The molecule has 6 heteroatoms. The van der Waals surface area contributed by atoms with Gasteiger partial charge in [-0.3, -0.25) is 5.32 Å². The molecular formula is C15H20FN3O2. The Kier molecular flexibility index (Phi) is 3.80. The first kappa shape index (κ1) is 14.3. The first-order valence-corrected chi connectivity index (χ1v) is 7.47. The number of hydrogen-bond acceptors (Lipinski definition) is 3. The number of nitrogens with zero attached hydrogens (tertiary/aromatic N) is 2. The van der Waals surface area contributed by atoms with Crippen LogP contribution >= 0.6 is 0 Å². The Morgan fingerprint density at radius 2 is 2.29 bits per heavy atom. The molecule has 0 spiro atoms. The number of fused-ring (bicyclic) bond motifs is 1. The molecule has 0 unspecified atom stereocenters. The van der Waals surface area contributed by atoms with Gasteiger partial charge in [-0.1, -0.05) is 12.8 Å². The molecule has 5 nitrogen and oxygen atoms in total. The van der Waals surface area contributed by atoms with E-state index in [1.54, 1.807) is 4.90 Å². The van der Waals surface area contributed by atoms with Crippen LogP contribution in [-0.4, -0.2) is 39.7 Å². The Hall–Kier alpha value is -1.69. The van der Waals surface area contributed by atoms with Crippen LogP contribution in [0.25, 0.3) is 0 Å². The molecule has 1 saturated carbocycles. The molecule has 1 aliphatic carbocycles. The predicted molar refractivity (Wildman–Crippen MR) is 76.3 cm³/mol. The van der Waals surface area contributed by atoms with Gasteiger partial charge in [0.2, 0.25) is 0 Å². The Morgan fingerprint density at radius 3 is 3.05 bits per heavy atom. The minimum atomic E-state index is -0.594. The second-order valence-corrected chi connectivity index (χ2v) is 6.03. The Labute approximate surface area is 123 Å². The van der Waals surface area contributed by atoms with E-state index >= 15 is 0 Å². The lowest BCUT2D eigenvalue weighted by Crippen LogP contribution is -2.55. The standard InChI is InChI=1S/C15H20FN3O2/c16-12-4-5-13(17-9-12)18-14(20)19-8-7-15(21)6-2-1-3-11(15)10-19/h4-5,9,11,21H,1-3,6-8,10H2,(H,17,18,20)/t11-,15+/m0/s1. The van der Waals surface area contributed by atoms with Crippen molar-refractivity contribution >= 4 is 11.8 Å². The largest absolute Gasteiger partial charge is 0.389 e. The van der Waals surface area contributed by atoms with Gasteiger partial charge in [-0.15, -0.1) is 0 Å². The third-order valence-electron chi connectivity index (χ3n) is 4.68. The van der Waals surface area contributed by atoms with Crippen LogP contribution in [0.5, 0.6) is 0 Å². The molecule has 0 radical (unpaired) electrons. The zero-order chi connectivity index (χ0) is 14.9. The van der Waals surface area contributed by atoms with Gasteiger partial charge >= 0.3 is 6.03 Å². The van der Waals surface area contributed by atoms with Crippen LogP contribution < -0.4 is 5.32 Å².